The average molecular weight is 427 g/mol. The standard InChI is InChI=1S/C19H25NO10/c20-6-11(9-4-2-1-3-5-9)29-19-17(26)15(24)14(23)12(30-19)8-28-18-16(25)13(22)10(21)7-27-18/h1-5,10-19,21-26H,7-8H2/t10-,11-,12+,13-,14+,15-,16+,17+,18-,19-/m0/s1. The Bertz CT molecular complexity index is 715. The first-order valence-electron chi connectivity index (χ1n) is 9.40. The van der Waals surface area contributed by atoms with Gasteiger partial charge in [0.05, 0.1) is 19.3 Å². The van der Waals surface area contributed by atoms with Crippen LogP contribution in [0.5, 0.6) is 0 Å². The Morgan fingerprint density at radius 3 is 2.27 bits per heavy atom. The summed E-state index contributed by atoms with van der Waals surface area (Å²) in [6, 6.07) is 10.4. The third kappa shape index (κ3) is 4.96. The zero-order valence-electron chi connectivity index (χ0n) is 15.8. The maximum atomic E-state index is 10.2. The predicted molar refractivity (Wildman–Crippen MR) is 96.3 cm³/mol. The van der Waals surface area contributed by atoms with E-state index in [1.807, 2.05) is 6.07 Å². The molecule has 0 unspecified atom stereocenters. The minimum Gasteiger partial charge on any atom is -0.388 e. The van der Waals surface area contributed by atoms with Gasteiger partial charge >= 0.3 is 0 Å². The van der Waals surface area contributed by atoms with Crippen molar-refractivity contribution in [3.05, 3.63) is 35.9 Å². The van der Waals surface area contributed by atoms with Crippen molar-refractivity contribution in [2.24, 2.45) is 0 Å². The molecule has 11 nitrogen and oxygen atoms in total. The lowest BCUT2D eigenvalue weighted by Crippen LogP contribution is -2.60. The third-order valence-electron chi connectivity index (χ3n) is 5.04. The van der Waals surface area contributed by atoms with Crippen LogP contribution in [0.2, 0.25) is 0 Å². The Kier molecular flexibility index (Phi) is 7.72. The van der Waals surface area contributed by atoms with Crippen LogP contribution in [0.3, 0.4) is 0 Å². The van der Waals surface area contributed by atoms with Crippen molar-refractivity contribution in [2.45, 2.75) is 61.4 Å². The van der Waals surface area contributed by atoms with Crippen molar-refractivity contribution in [1.29, 1.82) is 5.26 Å². The summed E-state index contributed by atoms with van der Waals surface area (Å²) in [6.45, 7) is -0.678. The highest BCUT2D eigenvalue weighted by molar-refractivity contribution is 5.22. The Labute approximate surface area is 172 Å². The largest absolute Gasteiger partial charge is 0.388 e. The van der Waals surface area contributed by atoms with E-state index in [1.54, 1.807) is 30.3 Å². The van der Waals surface area contributed by atoms with E-state index in [-0.39, 0.29) is 6.61 Å². The number of rotatable bonds is 6. The highest BCUT2D eigenvalue weighted by Gasteiger charge is 2.46. The molecule has 3 rings (SSSR count). The summed E-state index contributed by atoms with van der Waals surface area (Å²) in [5.74, 6) is 0. The Balaban J connectivity index is 1.63. The fourth-order valence-corrected chi connectivity index (χ4v) is 3.23. The zero-order chi connectivity index (χ0) is 21.8. The number of hydrogen-bond donors (Lipinski definition) is 6. The molecule has 0 spiro atoms. The number of benzene rings is 1. The Hall–Kier alpha value is -1.69. The van der Waals surface area contributed by atoms with Crippen LogP contribution in [0.25, 0.3) is 0 Å². The molecule has 2 fully saturated rings. The Morgan fingerprint density at radius 1 is 0.933 bits per heavy atom. The molecular weight excluding hydrogens is 402 g/mol. The SMILES string of the molecule is N#C[C@H](O[C@H]1O[C@H](CO[C@@H]2OC[C@H](O)[C@H](O)[C@H]2O)[C@@H](O)[C@H](O)[C@H]1O)c1ccccc1. The van der Waals surface area contributed by atoms with E-state index in [0.29, 0.717) is 5.56 Å². The lowest BCUT2D eigenvalue weighted by molar-refractivity contribution is -0.325. The summed E-state index contributed by atoms with van der Waals surface area (Å²) in [4.78, 5) is 0. The first kappa shape index (κ1) is 23.0. The fourth-order valence-electron chi connectivity index (χ4n) is 3.23. The molecule has 1 aromatic rings. The van der Waals surface area contributed by atoms with Crippen molar-refractivity contribution in [3.63, 3.8) is 0 Å². The highest BCUT2D eigenvalue weighted by atomic mass is 16.7. The molecule has 2 aliphatic heterocycles. The first-order chi connectivity index (χ1) is 14.3. The number of aliphatic hydroxyl groups is 6. The van der Waals surface area contributed by atoms with Crippen LogP contribution < -0.4 is 0 Å². The second-order valence-corrected chi connectivity index (χ2v) is 7.15. The molecule has 0 amide bonds. The molecule has 166 valence electrons. The highest BCUT2D eigenvalue weighted by Crippen LogP contribution is 2.28. The smallest absolute Gasteiger partial charge is 0.188 e. The molecule has 6 N–H and O–H groups in total. The number of hydrogen-bond acceptors (Lipinski definition) is 11. The molecule has 1 aromatic carbocycles. The van der Waals surface area contributed by atoms with Crippen LogP contribution in [0, 0.1) is 11.3 Å². The molecule has 30 heavy (non-hydrogen) atoms. The maximum Gasteiger partial charge on any atom is 0.188 e. The maximum absolute atomic E-state index is 10.2. The lowest BCUT2D eigenvalue weighted by atomic mass is 9.99. The summed E-state index contributed by atoms with van der Waals surface area (Å²) in [6.07, 6.45) is -14.2. The van der Waals surface area contributed by atoms with Crippen molar-refractivity contribution in [2.75, 3.05) is 13.2 Å². The van der Waals surface area contributed by atoms with Crippen molar-refractivity contribution in [1.82, 2.24) is 0 Å². The van der Waals surface area contributed by atoms with Gasteiger partial charge in [0.2, 0.25) is 0 Å². The van der Waals surface area contributed by atoms with E-state index in [0.717, 1.165) is 0 Å². The van der Waals surface area contributed by atoms with Gasteiger partial charge in [-0.25, -0.2) is 0 Å². The summed E-state index contributed by atoms with van der Waals surface area (Å²) >= 11 is 0. The van der Waals surface area contributed by atoms with Gasteiger partial charge in [0.25, 0.3) is 0 Å². The number of nitriles is 1. The molecule has 0 aliphatic carbocycles. The van der Waals surface area contributed by atoms with Gasteiger partial charge in [-0.15, -0.1) is 0 Å². The van der Waals surface area contributed by atoms with Gasteiger partial charge in [-0.3, -0.25) is 0 Å². The molecule has 2 saturated heterocycles. The summed E-state index contributed by atoms with van der Waals surface area (Å²) < 4.78 is 21.5. The van der Waals surface area contributed by atoms with E-state index < -0.39 is 68.0 Å². The molecular formula is C19H25NO10. The number of aliphatic hydroxyl groups excluding tert-OH is 6. The molecule has 0 radical (unpaired) electrons. The summed E-state index contributed by atoms with van der Waals surface area (Å²) in [5.41, 5.74) is 0.510. The van der Waals surface area contributed by atoms with E-state index in [4.69, 9.17) is 18.9 Å². The van der Waals surface area contributed by atoms with Gasteiger partial charge in [0.1, 0.15) is 42.7 Å². The van der Waals surface area contributed by atoms with Crippen LogP contribution >= 0.6 is 0 Å². The minimum absolute atomic E-state index is 0.273. The van der Waals surface area contributed by atoms with Gasteiger partial charge in [0.15, 0.2) is 18.7 Å². The van der Waals surface area contributed by atoms with Gasteiger partial charge in [-0.2, -0.15) is 5.26 Å². The van der Waals surface area contributed by atoms with E-state index in [2.05, 4.69) is 0 Å². The molecule has 2 heterocycles. The fraction of sp³-hybridized carbons (Fsp3) is 0.632. The molecule has 2 aliphatic rings. The summed E-state index contributed by atoms with van der Waals surface area (Å²) in [5, 5.41) is 69.0. The van der Waals surface area contributed by atoms with Gasteiger partial charge in [0, 0.05) is 0 Å². The topological polar surface area (TPSA) is 182 Å². The second kappa shape index (κ2) is 10.1. The van der Waals surface area contributed by atoms with Crippen molar-refractivity contribution < 1.29 is 49.6 Å². The summed E-state index contributed by atoms with van der Waals surface area (Å²) in [7, 11) is 0. The van der Waals surface area contributed by atoms with Crippen LogP contribution in [0.15, 0.2) is 30.3 Å². The molecule has 0 saturated carbocycles. The monoisotopic (exact) mass is 427 g/mol. The minimum atomic E-state index is -1.66. The van der Waals surface area contributed by atoms with Crippen molar-refractivity contribution >= 4 is 0 Å². The molecule has 0 bridgehead atoms. The van der Waals surface area contributed by atoms with E-state index >= 15 is 0 Å². The molecule has 0 aromatic heterocycles. The predicted octanol–water partition coefficient (Wildman–Crippen LogP) is -2.47. The Morgan fingerprint density at radius 2 is 1.60 bits per heavy atom. The van der Waals surface area contributed by atoms with Gasteiger partial charge in [-0.1, -0.05) is 30.3 Å². The molecule has 10 atom stereocenters. The quantitative estimate of drug-likeness (QED) is 0.283. The van der Waals surface area contributed by atoms with Gasteiger partial charge in [-0.05, 0) is 5.56 Å². The zero-order valence-corrected chi connectivity index (χ0v) is 15.8. The van der Waals surface area contributed by atoms with Gasteiger partial charge < -0.3 is 49.6 Å². The average Bonchev–Trinajstić information content (AvgIpc) is 2.76. The van der Waals surface area contributed by atoms with Crippen LogP contribution in [-0.2, 0) is 18.9 Å². The van der Waals surface area contributed by atoms with Crippen LogP contribution in [0.1, 0.15) is 11.7 Å². The van der Waals surface area contributed by atoms with Crippen molar-refractivity contribution in [3.8, 4) is 6.07 Å². The second-order valence-electron chi connectivity index (χ2n) is 7.15. The molecule has 11 heteroatoms. The first-order valence-corrected chi connectivity index (χ1v) is 9.40. The van der Waals surface area contributed by atoms with Crippen LogP contribution in [0.4, 0.5) is 0 Å². The van der Waals surface area contributed by atoms with E-state index in [1.165, 1.54) is 0 Å². The number of ether oxygens (including phenoxy) is 4. The lowest BCUT2D eigenvalue weighted by Gasteiger charge is -2.41. The normalized spacial score (nSPS) is 40.5. The van der Waals surface area contributed by atoms with E-state index in [9.17, 15) is 35.9 Å². The third-order valence-corrected chi connectivity index (χ3v) is 5.04. The van der Waals surface area contributed by atoms with Crippen LogP contribution in [-0.4, -0.2) is 99.2 Å². The number of nitrogens with zero attached hydrogens (tertiary/aromatic N) is 1.